The molecule has 4 heteroatoms. The number of hydrogen-bond acceptors (Lipinski definition) is 3. The highest BCUT2D eigenvalue weighted by Crippen LogP contribution is 2.38. The van der Waals surface area contributed by atoms with E-state index in [2.05, 4.69) is 114 Å². The monoisotopic (exact) mass is 600 g/mol. The van der Waals surface area contributed by atoms with E-state index in [0.717, 1.165) is 22.4 Å². The Kier molecular flexibility index (Phi) is 6.43. The van der Waals surface area contributed by atoms with Crippen LogP contribution in [0.4, 0.5) is 0 Å². The molecular formula is C43H28N4. The van der Waals surface area contributed by atoms with E-state index in [9.17, 15) is 0 Å². The lowest BCUT2D eigenvalue weighted by Gasteiger charge is -2.12. The SMILES string of the molecule is c1ccc(-c2ccc3c4ccc5ccccc5c4n(-c4ccc(-c5nc(-c6ccccc6)nc(-c6ccccc6)n5)cc4)c3c2)cc1. The Morgan fingerprint density at radius 2 is 0.830 bits per heavy atom. The molecule has 0 saturated heterocycles. The molecule has 0 amide bonds. The van der Waals surface area contributed by atoms with Crippen molar-refractivity contribution >= 4 is 32.6 Å². The molecule has 0 aliphatic heterocycles. The first kappa shape index (κ1) is 27.0. The van der Waals surface area contributed by atoms with Gasteiger partial charge in [-0.15, -0.1) is 0 Å². The van der Waals surface area contributed by atoms with Gasteiger partial charge in [0.2, 0.25) is 0 Å². The van der Waals surface area contributed by atoms with Crippen molar-refractivity contribution in [1.82, 2.24) is 19.5 Å². The van der Waals surface area contributed by atoms with Crippen LogP contribution in [0.15, 0.2) is 170 Å². The molecule has 0 aliphatic rings. The van der Waals surface area contributed by atoms with Crippen molar-refractivity contribution < 1.29 is 0 Å². The molecule has 2 aromatic heterocycles. The van der Waals surface area contributed by atoms with Crippen LogP contribution in [0, 0.1) is 0 Å². The van der Waals surface area contributed by atoms with Crippen molar-refractivity contribution in [3.05, 3.63) is 170 Å². The van der Waals surface area contributed by atoms with Crippen molar-refractivity contribution in [2.75, 3.05) is 0 Å². The van der Waals surface area contributed by atoms with Crippen LogP contribution in [0.3, 0.4) is 0 Å². The Morgan fingerprint density at radius 3 is 1.45 bits per heavy atom. The molecule has 9 rings (SSSR count). The maximum atomic E-state index is 4.95. The summed E-state index contributed by atoms with van der Waals surface area (Å²) in [5.74, 6) is 1.95. The summed E-state index contributed by atoms with van der Waals surface area (Å²) in [5, 5.41) is 4.91. The van der Waals surface area contributed by atoms with E-state index in [-0.39, 0.29) is 0 Å². The second-order valence-corrected chi connectivity index (χ2v) is 11.7. The van der Waals surface area contributed by atoms with Gasteiger partial charge in [-0.25, -0.2) is 15.0 Å². The number of benzene rings is 7. The van der Waals surface area contributed by atoms with Crippen LogP contribution in [0.25, 0.3) is 83.6 Å². The third-order valence-electron chi connectivity index (χ3n) is 8.84. The fourth-order valence-corrected chi connectivity index (χ4v) is 6.55. The lowest BCUT2D eigenvalue weighted by Crippen LogP contribution is -2.00. The molecule has 0 fully saturated rings. The van der Waals surface area contributed by atoms with Crippen molar-refractivity contribution in [3.8, 4) is 51.0 Å². The molecule has 9 aromatic rings. The topological polar surface area (TPSA) is 43.6 Å². The van der Waals surface area contributed by atoms with Crippen LogP contribution in [0.1, 0.15) is 0 Å². The zero-order valence-electron chi connectivity index (χ0n) is 25.5. The highest BCUT2D eigenvalue weighted by Gasteiger charge is 2.17. The van der Waals surface area contributed by atoms with Crippen LogP contribution < -0.4 is 0 Å². The maximum absolute atomic E-state index is 4.95. The molecule has 7 aromatic carbocycles. The molecule has 0 N–H and O–H groups in total. The summed E-state index contributed by atoms with van der Waals surface area (Å²) in [5.41, 5.74) is 8.68. The van der Waals surface area contributed by atoms with E-state index >= 15 is 0 Å². The van der Waals surface area contributed by atoms with E-state index in [1.165, 1.54) is 43.7 Å². The summed E-state index contributed by atoms with van der Waals surface area (Å²) in [4.78, 5) is 14.8. The van der Waals surface area contributed by atoms with Crippen LogP contribution in [0.2, 0.25) is 0 Å². The first-order chi connectivity index (χ1) is 23.3. The third kappa shape index (κ3) is 4.75. The van der Waals surface area contributed by atoms with Gasteiger partial charge in [0.1, 0.15) is 0 Å². The molecule has 0 unspecified atom stereocenters. The number of aromatic nitrogens is 4. The fraction of sp³-hybridized carbons (Fsp3) is 0. The first-order valence-corrected chi connectivity index (χ1v) is 15.8. The van der Waals surface area contributed by atoms with Crippen LogP contribution in [-0.4, -0.2) is 19.5 Å². The van der Waals surface area contributed by atoms with Crippen molar-refractivity contribution in [2.45, 2.75) is 0 Å². The third-order valence-corrected chi connectivity index (χ3v) is 8.84. The molecule has 0 bridgehead atoms. The van der Waals surface area contributed by atoms with Gasteiger partial charge >= 0.3 is 0 Å². The molecule has 0 saturated carbocycles. The highest BCUT2D eigenvalue weighted by atomic mass is 15.0. The van der Waals surface area contributed by atoms with Crippen LogP contribution in [0.5, 0.6) is 0 Å². The van der Waals surface area contributed by atoms with Crippen molar-refractivity contribution in [3.63, 3.8) is 0 Å². The number of rotatable bonds is 5. The Balaban J connectivity index is 1.24. The van der Waals surface area contributed by atoms with Gasteiger partial charge in [-0.2, -0.15) is 0 Å². The molecule has 0 spiro atoms. The quantitative estimate of drug-likeness (QED) is 0.197. The van der Waals surface area contributed by atoms with Crippen molar-refractivity contribution in [1.29, 1.82) is 0 Å². The van der Waals surface area contributed by atoms with Gasteiger partial charge in [-0.3, -0.25) is 0 Å². The predicted octanol–water partition coefficient (Wildman–Crippen LogP) is 10.8. The average Bonchev–Trinajstić information content (AvgIpc) is 3.50. The molecule has 0 atom stereocenters. The average molecular weight is 601 g/mol. The predicted molar refractivity (Wildman–Crippen MR) is 193 cm³/mol. The molecule has 2 heterocycles. The zero-order chi connectivity index (χ0) is 31.2. The summed E-state index contributed by atoms with van der Waals surface area (Å²) in [6, 6.07) is 59.3. The van der Waals surface area contributed by atoms with Crippen LogP contribution >= 0.6 is 0 Å². The van der Waals surface area contributed by atoms with E-state index < -0.39 is 0 Å². The van der Waals surface area contributed by atoms with E-state index in [0.29, 0.717) is 17.5 Å². The Hall–Kier alpha value is -6.39. The van der Waals surface area contributed by atoms with Crippen LogP contribution in [-0.2, 0) is 0 Å². The normalized spacial score (nSPS) is 11.4. The highest BCUT2D eigenvalue weighted by molar-refractivity contribution is 6.19. The Morgan fingerprint density at radius 1 is 0.340 bits per heavy atom. The van der Waals surface area contributed by atoms with Gasteiger partial charge in [0.05, 0.1) is 11.0 Å². The lowest BCUT2D eigenvalue weighted by atomic mass is 10.0. The number of nitrogens with zero attached hydrogens (tertiary/aromatic N) is 4. The second kappa shape index (κ2) is 11.2. The van der Waals surface area contributed by atoms with E-state index in [1.54, 1.807) is 0 Å². The standard InChI is InChI=1S/C43H28N4/c1-4-12-29(13-5-1)34-23-26-37-38-27-22-30-14-10-11-19-36(30)40(38)47(39(37)28-34)35-24-20-33(21-25-35)43-45-41(31-15-6-2-7-16-31)44-42(46-43)32-17-8-3-9-18-32/h1-28H. The summed E-state index contributed by atoms with van der Waals surface area (Å²) in [6.07, 6.45) is 0. The lowest BCUT2D eigenvalue weighted by molar-refractivity contribution is 1.07. The van der Waals surface area contributed by atoms with Gasteiger partial charge in [-0.05, 0) is 46.8 Å². The first-order valence-electron chi connectivity index (χ1n) is 15.8. The van der Waals surface area contributed by atoms with Gasteiger partial charge in [0.25, 0.3) is 0 Å². The second-order valence-electron chi connectivity index (χ2n) is 11.7. The van der Waals surface area contributed by atoms with E-state index in [1.807, 2.05) is 60.7 Å². The fourth-order valence-electron chi connectivity index (χ4n) is 6.55. The minimum atomic E-state index is 0.642. The maximum Gasteiger partial charge on any atom is 0.164 e. The summed E-state index contributed by atoms with van der Waals surface area (Å²) >= 11 is 0. The van der Waals surface area contributed by atoms with Crippen molar-refractivity contribution in [2.24, 2.45) is 0 Å². The largest absolute Gasteiger partial charge is 0.309 e. The van der Waals surface area contributed by atoms with Gasteiger partial charge < -0.3 is 4.57 Å². The molecule has 4 nitrogen and oxygen atoms in total. The number of hydrogen-bond donors (Lipinski definition) is 0. The van der Waals surface area contributed by atoms with Gasteiger partial charge in [-0.1, -0.05) is 140 Å². The van der Waals surface area contributed by atoms with E-state index in [4.69, 9.17) is 15.0 Å². The Bertz CT molecular complexity index is 2480. The number of fused-ring (bicyclic) bond motifs is 5. The molecule has 0 radical (unpaired) electrons. The zero-order valence-corrected chi connectivity index (χ0v) is 25.5. The minimum absolute atomic E-state index is 0.642. The molecule has 220 valence electrons. The summed E-state index contributed by atoms with van der Waals surface area (Å²) < 4.78 is 2.40. The molecule has 0 aliphatic carbocycles. The molecular weight excluding hydrogens is 573 g/mol. The summed E-state index contributed by atoms with van der Waals surface area (Å²) in [6.45, 7) is 0. The smallest absolute Gasteiger partial charge is 0.164 e. The minimum Gasteiger partial charge on any atom is -0.309 e. The molecule has 47 heavy (non-hydrogen) atoms. The van der Waals surface area contributed by atoms with Gasteiger partial charge in [0.15, 0.2) is 17.5 Å². The van der Waals surface area contributed by atoms with Gasteiger partial charge in [0, 0.05) is 38.5 Å². The summed E-state index contributed by atoms with van der Waals surface area (Å²) in [7, 11) is 0. The Labute approximate surface area is 272 Å².